The highest BCUT2D eigenvalue weighted by Gasteiger charge is 2.30. The molecule has 1 unspecified atom stereocenters. The van der Waals surface area contributed by atoms with E-state index < -0.39 is 55.0 Å². The first-order valence-corrected chi connectivity index (χ1v) is 10.6. The summed E-state index contributed by atoms with van der Waals surface area (Å²) in [6.07, 6.45) is -0.994. The molecule has 0 radical (unpaired) electrons. The fraction of sp³-hybridized carbons (Fsp3) is 0.316. The van der Waals surface area contributed by atoms with E-state index in [9.17, 15) is 33.4 Å². The van der Waals surface area contributed by atoms with E-state index in [-0.39, 0.29) is 16.8 Å². The van der Waals surface area contributed by atoms with Crippen molar-refractivity contribution in [3.63, 3.8) is 0 Å². The van der Waals surface area contributed by atoms with Crippen molar-refractivity contribution in [2.75, 3.05) is 0 Å². The van der Waals surface area contributed by atoms with Crippen LogP contribution in [0.4, 0.5) is 11.4 Å². The third-order valence-corrected chi connectivity index (χ3v) is 5.70. The Labute approximate surface area is 178 Å². The zero-order chi connectivity index (χ0) is 23.3. The van der Waals surface area contributed by atoms with Gasteiger partial charge in [-0.1, -0.05) is 24.3 Å². The van der Waals surface area contributed by atoms with Crippen LogP contribution < -0.4 is 4.72 Å². The van der Waals surface area contributed by atoms with E-state index in [1.807, 2.05) is 0 Å². The largest absolute Gasteiger partial charge is 0.463 e. The molecule has 0 saturated carbocycles. The first-order valence-electron chi connectivity index (χ1n) is 9.12. The van der Waals surface area contributed by atoms with Gasteiger partial charge in [-0.2, -0.15) is 0 Å². The molecule has 0 aliphatic heterocycles. The summed E-state index contributed by atoms with van der Waals surface area (Å²) in [5, 5.41) is 22.6. The number of hydrogen-bond donors (Lipinski definition) is 1. The van der Waals surface area contributed by atoms with Crippen LogP contribution in [0.2, 0.25) is 0 Å². The Morgan fingerprint density at radius 1 is 1.06 bits per heavy atom. The van der Waals surface area contributed by atoms with Crippen molar-refractivity contribution in [3.8, 4) is 0 Å². The van der Waals surface area contributed by atoms with Gasteiger partial charge in [0.05, 0.1) is 33.3 Å². The van der Waals surface area contributed by atoms with Crippen molar-refractivity contribution in [1.82, 2.24) is 4.72 Å². The summed E-state index contributed by atoms with van der Waals surface area (Å²) in [6, 6.07) is 7.38. The summed E-state index contributed by atoms with van der Waals surface area (Å²) in [7, 11) is -4.38. The van der Waals surface area contributed by atoms with Crippen LogP contribution in [0.3, 0.4) is 0 Å². The predicted octanol–water partition coefficient (Wildman–Crippen LogP) is 3.17. The third kappa shape index (κ3) is 6.06. The normalized spacial score (nSPS) is 12.4. The molecule has 2 aromatic rings. The van der Waals surface area contributed by atoms with Crippen LogP contribution in [-0.4, -0.2) is 30.3 Å². The lowest BCUT2D eigenvalue weighted by atomic mass is 10.0. The number of sulfonamides is 1. The van der Waals surface area contributed by atoms with Gasteiger partial charge >= 0.3 is 5.97 Å². The average molecular weight is 451 g/mol. The predicted molar refractivity (Wildman–Crippen MR) is 110 cm³/mol. The molecule has 1 N–H and O–H groups in total. The maximum atomic E-state index is 12.9. The lowest BCUT2D eigenvalue weighted by Crippen LogP contribution is -2.31. The Kier molecular flexibility index (Phi) is 7.41. The van der Waals surface area contributed by atoms with Crippen molar-refractivity contribution >= 4 is 27.4 Å². The third-order valence-electron chi connectivity index (χ3n) is 4.23. The topological polar surface area (TPSA) is 159 Å². The second-order valence-corrected chi connectivity index (χ2v) is 8.65. The number of nitro benzene ring substituents is 2. The summed E-state index contributed by atoms with van der Waals surface area (Å²) < 4.78 is 33.2. The molecule has 0 aliphatic rings. The molecule has 0 saturated heterocycles. The highest BCUT2D eigenvalue weighted by atomic mass is 32.2. The molecule has 0 spiro atoms. The maximum absolute atomic E-state index is 12.9. The first kappa shape index (κ1) is 23.9. The molecular weight excluding hydrogens is 430 g/mol. The summed E-state index contributed by atoms with van der Waals surface area (Å²) in [6.45, 7) is 4.67. The van der Waals surface area contributed by atoms with E-state index in [0.717, 1.165) is 6.07 Å². The Balaban J connectivity index is 2.50. The van der Waals surface area contributed by atoms with Crippen LogP contribution in [0.5, 0.6) is 0 Å². The molecule has 0 amide bonds. The van der Waals surface area contributed by atoms with Gasteiger partial charge in [-0.15, -0.1) is 0 Å². The fourth-order valence-electron chi connectivity index (χ4n) is 2.85. The second-order valence-electron chi connectivity index (χ2n) is 6.94. The Morgan fingerprint density at radius 3 is 2.26 bits per heavy atom. The van der Waals surface area contributed by atoms with Crippen LogP contribution in [0, 0.1) is 27.2 Å². The van der Waals surface area contributed by atoms with Crippen LogP contribution in [0.1, 0.15) is 37.4 Å². The van der Waals surface area contributed by atoms with Gasteiger partial charge in [-0.05, 0) is 26.8 Å². The minimum absolute atomic E-state index is 0.0432. The van der Waals surface area contributed by atoms with Gasteiger partial charge in [0.2, 0.25) is 10.0 Å². The minimum Gasteiger partial charge on any atom is -0.463 e. The zero-order valence-electron chi connectivity index (χ0n) is 17.0. The van der Waals surface area contributed by atoms with Gasteiger partial charge in [0, 0.05) is 23.3 Å². The number of para-hydroxylation sites is 1. The van der Waals surface area contributed by atoms with E-state index in [4.69, 9.17) is 4.74 Å². The van der Waals surface area contributed by atoms with Gasteiger partial charge < -0.3 is 4.74 Å². The fourth-order valence-corrected chi connectivity index (χ4v) is 4.08. The molecule has 0 fully saturated rings. The van der Waals surface area contributed by atoms with E-state index in [2.05, 4.69) is 4.72 Å². The smallest absolute Gasteiger partial charge is 0.308 e. The van der Waals surface area contributed by atoms with E-state index >= 15 is 0 Å². The number of carbonyl (C=O) groups is 1. The average Bonchev–Trinajstić information content (AvgIpc) is 2.66. The van der Waals surface area contributed by atoms with Crippen molar-refractivity contribution < 1.29 is 27.8 Å². The zero-order valence-corrected chi connectivity index (χ0v) is 17.8. The SMILES string of the molecule is Cc1ccc(S(=O)(=O)NC(CC(=O)OC(C)C)c2ccccc2[N+](=O)[O-])cc1[N+](=O)[O-]. The van der Waals surface area contributed by atoms with Gasteiger partial charge in [0.25, 0.3) is 11.4 Å². The first-order chi connectivity index (χ1) is 14.4. The van der Waals surface area contributed by atoms with Crippen LogP contribution in [-0.2, 0) is 19.6 Å². The number of benzene rings is 2. The number of nitrogens with zero attached hydrogens (tertiary/aromatic N) is 2. The molecule has 31 heavy (non-hydrogen) atoms. The molecule has 0 aliphatic carbocycles. The number of nitrogens with one attached hydrogen (secondary N) is 1. The second kappa shape index (κ2) is 9.62. The maximum Gasteiger partial charge on any atom is 0.308 e. The van der Waals surface area contributed by atoms with Crippen molar-refractivity contribution in [1.29, 1.82) is 0 Å². The molecule has 11 nitrogen and oxygen atoms in total. The number of carbonyl (C=O) groups excluding carboxylic acids is 1. The molecule has 2 aromatic carbocycles. The highest BCUT2D eigenvalue weighted by Crippen LogP contribution is 2.30. The summed E-state index contributed by atoms with van der Waals surface area (Å²) in [5.41, 5.74) is -0.565. The number of hydrogen-bond acceptors (Lipinski definition) is 8. The Bertz CT molecular complexity index is 1110. The molecule has 1 atom stereocenters. The molecule has 12 heteroatoms. The van der Waals surface area contributed by atoms with Crippen LogP contribution >= 0.6 is 0 Å². The molecular formula is C19H21N3O8S. The molecule has 2 rings (SSSR count). The summed E-state index contributed by atoms with van der Waals surface area (Å²) >= 11 is 0. The molecule has 0 heterocycles. The molecule has 166 valence electrons. The summed E-state index contributed by atoms with van der Waals surface area (Å²) in [4.78, 5) is 33.0. The van der Waals surface area contributed by atoms with Crippen molar-refractivity contribution in [3.05, 3.63) is 73.8 Å². The molecule has 0 bridgehead atoms. The number of nitro groups is 2. The number of ether oxygens (including phenoxy) is 1. The lowest BCUT2D eigenvalue weighted by molar-refractivity contribution is -0.385. The van der Waals surface area contributed by atoms with E-state index in [0.29, 0.717) is 0 Å². The lowest BCUT2D eigenvalue weighted by Gasteiger charge is -2.19. The highest BCUT2D eigenvalue weighted by molar-refractivity contribution is 7.89. The van der Waals surface area contributed by atoms with Crippen LogP contribution in [0.15, 0.2) is 47.4 Å². The minimum atomic E-state index is -4.38. The Hall–Kier alpha value is -3.38. The Morgan fingerprint density at radius 2 is 1.68 bits per heavy atom. The van der Waals surface area contributed by atoms with E-state index in [1.54, 1.807) is 13.8 Å². The number of aryl methyl sites for hydroxylation is 1. The van der Waals surface area contributed by atoms with Gasteiger partial charge in [0.15, 0.2) is 0 Å². The van der Waals surface area contributed by atoms with Gasteiger partial charge in [-0.25, -0.2) is 13.1 Å². The monoisotopic (exact) mass is 451 g/mol. The van der Waals surface area contributed by atoms with Crippen molar-refractivity contribution in [2.45, 2.75) is 44.2 Å². The molecule has 0 aromatic heterocycles. The van der Waals surface area contributed by atoms with Crippen LogP contribution in [0.25, 0.3) is 0 Å². The van der Waals surface area contributed by atoms with Gasteiger partial charge in [-0.3, -0.25) is 25.0 Å². The number of esters is 1. The number of rotatable bonds is 9. The standard InChI is InChI=1S/C19H21N3O8S/c1-12(2)30-19(23)11-16(15-6-4-5-7-17(15)21(24)25)20-31(28,29)14-9-8-13(3)18(10-14)22(26)27/h4-10,12,16,20H,11H2,1-3H3. The van der Waals surface area contributed by atoms with E-state index in [1.165, 1.54) is 43.3 Å². The quantitative estimate of drug-likeness (QED) is 0.346. The summed E-state index contributed by atoms with van der Waals surface area (Å²) in [5.74, 6) is -0.768. The van der Waals surface area contributed by atoms with Gasteiger partial charge in [0.1, 0.15) is 0 Å². The van der Waals surface area contributed by atoms with Crippen molar-refractivity contribution in [2.24, 2.45) is 0 Å².